The third-order valence-electron chi connectivity index (χ3n) is 2.70. The molecule has 1 aromatic heterocycles. The number of aromatic nitrogens is 1. The largest absolute Gasteiger partial charge is 0.490 e. The molecule has 0 unspecified atom stereocenters. The van der Waals surface area contributed by atoms with E-state index in [0.717, 1.165) is 11.6 Å². The van der Waals surface area contributed by atoms with Gasteiger partial charge < -0.3 is 9.47 Å². The summed E-state index contributed by atoms with van der Waals surface area (Å²) >= 11 is 0. The number of methoxy groups -OCH3 is 1. The summed E-state index contributed by atoms with van der Waals surface area (Å²) in [6.07, 6.45) is 3.18. The zero-order valence-corrected chi connectivity index (χ0v) is 11.2. The van der Waals surface area contributed by atoms with Crippen molar-refractivity contribution in [2.75, 3.05) is 7.11 Å². The van der Waals surface area contributed by atoms with Crippen LogP contribution in [0.3, 0.4) is 0 Å². The molecule has 0 bridgehead atoms. The first kappa shape index (κ1) is 14.4. The van der Waals surface area contributed by atoms with Gasteiger partial charge in [0.25, 0.3) is 0 Å². The quantitative estimate of drug-likeness (QED) is 0.476. The van der Waals surface area contributed by atoms with Crippen molar-refractivity contribution < 1.29 is 19.2 Å². The van der Waals surface area contributed by atoms with Crippen LogP contribution >= 0.6 is 0 Å². The zero-order chi connectivity index (χ0) is 15.2. The fourth-order valence-electron chi connectivity index (χ4n) is 1.68. The Kier molecular flexibility index (Phi) is 4.45. The molecule has 0 atom stereocenters. The van der Waals surface area contributed by atoms with Crippen LogP contribution in [0.2, 0.25) is 0 Å². The summed E-state index contributed by atoms with van der Waals surface area (Å²) in [5.74, 6) is -0.562. The Morgan fingerprint density at radius 3 is 2.81 bits per heavy atom. The average molecular weight is 288 g/mol. The summed E-state index contributed by atoms with van der Waals surface area (Å²) in [7, 11) is 1.32. The normalized spacial score (nSPS) is 9.95. The van der Waals surface area contributed by atoms with Gasteiger partial charge >= 0.3 is 11.7 Å². The van der Waals surface area contributed by atoms with Crippen LogP contribution in [0.25, 0.3) is 0 Å². The highest BCUT2D eigenvalue weighted by Crippen LogP contribution is 2.27. The Bertz CT molecular complexity index is 658. The Hall–Kier alpha value is -2.96. The number of benzene rings is 1. The molecule has 1 heterocycles. The van der Waals surface area contributed by atoms with Crippen LogP contribution in [0.1, 0.15) is 15.9 Å². The number of carbonyl (C=O) groups excluding carboxylic acids is 1. The summed E-state index contributed by atoms with van der Waals surface area (Å²) in [5.41, 5.74) is 0.536. The second-order valence-corrected chi connectivity index (χ2v) is 4.08. The summed E-state index contributed by atoms with van der Waals surface area (Å²) in [6.45, 7) is 0.0481. The van der Waals surface area contributed by atoms with Crippen molar-refractivity contribution in [1.29, 1.82) is 0 Å². The van der Waals surface area contributed by atoms with E-state index in [9.17, 15) is 14.9 Å². The molecule has 0 radical (unpaired) electrons. The first-order valence-electron chi connectivity index (χ1n) is 6.00. The van der Waals surface area contributed by atoms with Crippen LogP contribution in [0.15, 0.2) is 42.7 Å². The molecule has 2 aromatic rings. The van der Waals surface area contributed by atoms with Gasteiger partial charge in [0.05, 0.1) is 17.6 Å². The highest BCUT2D eigenvalue weighted by Gasteiger charge is 2.18. The zero-order valence-electron chi connectivity index (χ0n) is 11.2. The molecule has 1 aromatic carbocycles. The smallest absolute Gasteiger partial charge is 0.338 e. The van der Waals surface area contributed by atoms with E-state index in [1.807, 2.05) is 0 Å². The molecule has 7 nitrogen and oxygen atoms in total. The molecule has 7 heteroatoms. The maximum Gasteiger partial charge on any atom is 0.338 e. The van der Waals surface area contributed by atoms with E-state index in [4.69, 9.17) is 9.47 Å². The van der Waals surface area contributed by atoms with Crippen LogP contribution in [-0.4, -0.2) is 23.0 Å². The number of esters is 1. The number of hydrogen-bond acceptors (Lipinski definition) is 6. The average Bonchev–Trinajstić information content (AvgIpc) is 2.52. The van der Waals surface area contributed by atoms with Crippen molar-refractivity contribution >= 4 is 11.7 Å². The van der Waals surface area contributed by atoms with Crippen LogP contribution in [0.5, 0.6) is 5.75 Å². The van der Waals surface area contributed by atoms with Crippen molar-refractivity contribution in [3.05, 3.63) is 64.0 Å². The molecule has 108 valence electrons. The van der Waals surface area contributed by atoms with E-state index >= 15 is 0 Å². The third kappa shape index (κ3) is 3.53. The number of nitro groups is 1. The van der Waals surface area contributed by atoms with Crippen LogP contribution < -0.4 is 4.74 Å². The molecular weight excluding hydrogens is 276 g/mol. The minimum Gasteiger partial charge on any atom is -0.490 e. The van der Waals surface area contributed by atoms with Crippen LogP contribution in [0.4, 0.5) is 5.69 Å². The number of nitro benzene ring substituents is 1. The Morgan fingerprint density at radius 2 is 2.19 bits per heavy atom. The van der Waals surface area contributed by atoms with Gasteiger partial charge in [-0.05, 0) is 18.2 Å². The SMILES string of the molecule is COc1ccc(C(=O)OCc2cccnc2)cc1[N+](=O)[O-]. The molecule has 0 aliphatic heterocycles. The molecule has 0 fully saturated rings. The minimum atomic E-state index is -0.649. The van der Waals surface area contributed by atoms with Gasteiger partial charge in [0, 0.05) is 24.0 Å². The summed E-state index contributed by atoms with van der Waals surface area (Å²) < 4.78 is 9.95. The highest BCUT2D eigenvalue weighted by atomic mass is 16.6. The molecule has 0 N–H and O–H groups in total. The van der Waals surface area contributed by atoms with Crippen LogP contribution in [-0.2, 0) is 11.3 Å². The number of nitrogens with zero attached hydrogens (tertiary/aromatic N) is 2. The van der Waals surface area contributed by atoms with E-state index in [-0.39, 0.29) is 23.6 Å². The lowest BCUT2D eigenvalue weighted by atomic mass is 10.2. The fraction of sp³-hybridized carbons (Fsp3) is 0.143. The van der Waals surface area contributed by atoms with Crippen molar-refractivity contribution in [2.45, 2.75) is 6.61 Å². The third-order valence-corrected chi connectivity index (χ3v) is 2.70. The topological polar surface area (TPSA) is 91.6 Å². The highest BCUT2D eigenvalue weighted by molar-refractivity contribution is 5.90. The first-order chi connectivity index (χ1) is 10.1. The predicted molar refractivity (Wildman–Crippen MR) is 73.0 cm³/mol. The number of rotatable bonds is 5. The number of carbonyl (C=O) groups is 1. The number of hydrogen-bond donors (Lipinski definition) is 0. The van der Waals surface area contributed by atoms with E-state index < -0.39 is 10.9 Å². The van der Waals surface area contributed by atoms with Gasteiger partial charge in [0.1, 0.15) is 6.61 Å². The van der Waals surface area contributed by atoms with Crippen molar-refractivity contribution in [2.24, 2.45) is 0 Å². The lowest BCUT2D eigenvalue weighted by Gasteiger charge is -2.06. The number of pyridine rings is 1. The van der Waals surface area contributed by atoms with Gasteiger partial charge in [-0.2, -0.15) is 0 Å². The van der Waals surface area contributed by atoms with Crippen molar-refractivity contribution in [3.8, 4) is 5.75 Å². The molecule has 0 spiro atoms. The van der Waals surface area contributed by atoms with Crippen molar-refractivity contribution in [3.63, 3.8) is 0 Å². The van der Waals surface area contributed by atoms with Crippen LogP contribution in [0, 0.1) is 10.1 Å². The molecule has 21 heavy (non-hydrogen) atoms. The Balaban J connectivity index is 2.12. The van der Waals surface area contributed by atoms with E-state index in [2.05, 4.69) is 4.98 Å². The number of ether oxygens (including phenoxy) is 2. The molecule has 0 aliphatic rings. The lowest BCUT2D eigenvalue weighted by Crippen LogP contribution is -2.06. The van der Waals surface area contributed by atoms with Gasteiger partial charge in [-0.25, -0.2) is 4.79 Å². The summed E-state index contributed by atoms with van der Waals surface area (Å²) in [4.78, 5) is 26.1. The lowest BCUT2D eigenvalue weighted by molar-refractivity contribution is -0.385. The molecular formula is C14H12N2O5. The molecule has 0 aliphatic carbocycles. The van der Waals surface area contributed by atoms with E-state index in [1.54, 1.807) is 24.5 Å². The predicted octanol–water partition coefficient (Wildman–Crippen LogP) is 2.36. The Morgan fingerprint density at radius 1 is 1.38 bits per heavy atom. The standard InChI is InChI=1S/C14H12N2O5/c1-20-13-5-4-11(7-12(13)16(18)19)14(17)21-9-10-3-2-6-15-8-10/h2-8H,9H2,1H3. The monoisotopic (exact) mass is 288 g/mol. The fourth-order valence-corrected chi connectivity index (χ4v) is 1.68. The minimum absolute atomic E-state index is 0.0481. The summed E-state index contributed by atoms with van der Waals surface area (Å²) in [5, 5.41) is 10.9. The van der Waals surface area contributed by atoms with E-state index in [1.165, 1.54) is 19.2 Å². The maximum absolute atomic E-state index is 11.9. The van der Waals surface area contributed by atoms with E-state index in [0.29, 0.717) is 0 Å². The molecule has 0 amide bonds. The molecule has 0 saturated heterocycles. The van der Waals surface area contributed by atoms with Gasteiger partial charge in [-0.15, -0.1) is 0 Å². The first-order valence-corrected chi connectivity index (χ1v) is 6.00. The second-order valence-electron chi connectivity index (χ2n) is 4.08. The second kappa shape index (κ2) is 6.47. The van der Waals surface area contributed by atoms with Gasteiger partial charge in [0.2, 0.25) is 0 Å². The molecule has 0 saturated carbocycles. The van der Waals surface area contributed by atoms with Crippen molar-refractivity contribution in [1.82, 2.24) is 4.98 Å². The maximum atomic E-state index is 11.9. The summed E-state index contributed by atoms with van der Waals surface area (Å²) in [6, 6.07) is 7.39. The van der Waals surface area contributed by atoms with Gasteiger partial charge in [-0.1, -0.05) is 6.07 Å². The van der Waals surface area contributed by atoms with Gasteiger partial charge in [0.15, 0.2) is 5.75 Å². The Labute approximate surface area is 120 Å². The van der Waals surface area contributed by atoms with Gasteiger partial charge in [-0.3, -0.25) is 15.1 Å². The molecule has 2 rings (SSSR count).